The van der Waals surface area contributed by atoms with Crippen molar-refractivity contribution in [2.75, 3.05) is 13.3 Å². The van der Waals surface area contributed by atoms with E-state index in [9.17, 15) is 4.39 Å². The summed E-state index contributed by atoms with van der Waals surface area (Å²) in [6, 6.07) is 14.6. The molecule has 0 fully saturated rings. The molecule has 3 rings (SSSR count). The fourth-order valence-electron chi connectivity index (χ4n) is 2.53. The number of benzene rings is 2. The number of hydrogen-bond acceptors (Lipinski definition) is 3. The fourth-order valence-corrected chi connectivity index (χ4v) is 3.17. The molecular formula is C17H16FNOS. The Hall–Kier alpha value is -1.78. The van der Waals surface area contributed by atoms with Crippen LogP contribution in [0.4, 0.5) is 4.39 Å². The van der Waals surface area contributed by atoms with Gasteiger partial charge < -0.3 is 9.73 Å². The number of fused-ring (bicyclic) bond motifs is 1. The molecule has 1 aromatic heterocycles. The maximum Gasteiger partial charge on any atom is 0.134 e. The molecule has 0 saturated carbocycles. The first kappa shape index (κ1) is 14.2. The molecule has 0 aliphatic rings. The monoisotopic (exact) mass is 301 g/mol. The molecule has 1 unspecified atom stereocenters. The van der Waals surface area contributed by atoms with Crippen molar-refractivity contribution in [1.82, 2.24) is 5.32 Å². The zero-order valence-electron chi connectivity index (χ0n) is 11.9. The molecule has 1 heterocycles. The molecule has 0 aliphatic heterocycles. The molecule has 2 aromatic carbocycles. The Kier molecular flexibility index (Phi) is 3.99. The highest BCUT2D eigenvalue weighted by molar-refractivity contribution is 7.98. The lowest BCUT2D eigenvalue weighted by atomic mass is 10.0. The van der Waals surface area contributed by atoms with E-state index in [2.05, 4.69) is 23.7 Å². The Balaban J connectivity index is 2.09. The Labute approximate surface area is 127 Å². The van der Waals surface area contributed by atoms with Crippen LogP contribution in [0.3, 0.4) is 0 Å². The van der Waals surface area contributed by atoms with Crippen LogP contribution in [-0.4, -0.2) is 13.3 Å². The lowest BCUT2D eigenvalue weighted by molar-refractivity contribution is 0.488. The first-order valence-corrected chi connectivity index (χ1v) is 7.94. The largest absolute Gasteiger partial charge is 0.459 e. The molecule has 4 heteroatoms. The lowest BCUT2D eigenvalue weighted by Gasteiger charge is -2.17. The van der Waals surface area contributed by atoms with Crippen LogP contribution in [0.5, 0.6) is 0 Å². The van der Waals surface area contributed by atoms with E-state index in [1.165, 1.54) is 17.0 Å². The maximum absolute atomic E-state index is 13.3. The quantitative estimate of drug-likeness (QED) is 0.713. The van der Waals surface area contributed by atoms with E-state index in [4.69, 9.17) is 4.42 Å². The van der Waals surface area contributed by atoms with Gasteiger partial charge in [-0.2, -0.15) is 0 Å². The molecule has 0 bridgehead atoms. The summed E-state index contributed by atoms with van der Waals surface area (Å²) in [5.74, 6) is 0.542. The first-order chi connectivity index (χ1) is 10.2. The summed E-state index contributed by atoms with van der Waals surface area (Å²) >= 11 is 1.70. The minimum Gasteiger partial charge on any atom is -0.459 e. The first-order valence-electron chi connectivity index (χ1n) is 6.72. The van der Waals surface area contributed by atoms with Crippen molar-refractivity contribution >= 4 is 22.7 Å². The van der Waals surface area contributed by atoms with Crippen LogP contribution < -0.4 is 5.32 Å². The number of thioether (sulfide) groups is 1. The van der Waals surface area contributed by atoms with E-state index in [-0.39, 0.29) is 11.9 Å². The average Bonchev–Trinajstić information content (AvgIpc) is 2.91. The molecule has 0 spiro atoms. The topological polar surface area (TPSA) is 25.2 Å². The normalized spacial score (nSPS) is 12.7. The van der Waals surface area contributed by atoms with Gasteiger partial charge >= 0.3 is 0 Å². The summed E-state index contributed by atoms with van der Waals surface area (Å²) in [5, 5.41) is 4.07. The predicted octanol–water partition coefficient (Wildman–Crippen LogP) is 4.60. The van der Waals surface area contributed by atoms with Gasteiger partial charge in [0, 0.05) is 10.3 Å². The Bertz CT molecular complexity index is 768. The van der Waals surface area contributed by atoms with Crippen molar-refractivity contribution in [3.63, 3.8) is 0 Å². The number of hydrogen-bond donors (Lipinski definition) is 1. The fraction of sp³-hybridized carbons (Fsp3) is 0.176. The Morgan fingerprint density at radius 3 is 2.71 bits per heavy atom. The minimum absolute atomic E-state index is 0.0517. The van der Waals surface area contributed by atoms with Gasteiger partial charge in [-0.15, -0.1) is 11.8 Å². The maximum atomic E-state index is 13.3. The molecule has 1 N–H and O–H groups in total. The van der Waals surface area contributed by atoms with Crippen LogP contribution in [-0.2, 0) is 0 Å². The standard InChI is InChI=1S/C17H16FNOS/c1-19-17(13-5-3-4-6-16(13)21-2)15-10-11-9-12(18)7-8-14(11)20-15/h3-10,17,19H,1-2H3. The molecule has 21 heavy (non-hydrogen) atoms. The second kappa shape index (κ2) is 5.92. The molecule has 3 aromatic rings. The second-order valence-electron chi connectivity index (χ2n) is 4.79. The highest BCUT2D eigenvalue weighted by Gasteiger charge is 2.19. The zero-order valence-corrected chi connectivity index (χ0v) is 12.7. The number of furan rings is 1. The van der Waals surface area contributed by atoms with Gasteiger partial charge in [0.1, 0.15) is 17.2 Å². The van der Waals surface area contributed by atoms with Crippen LogP contribution in [0, 0.1) is 5.82 Å². The summed E-state index contributed by atoms with van der Waals surface area (Å²) < 4.78 is 19.2. The van der Waals surface area contributed by atoms with Crippen molar-refractivity contribution < 1.29 is 8.81 Å². The van der Waals surface area contributed by atoms with Crippen molar-refractivity contribution in [3.05, 3.63) is 65.7 Å². The zero-order chi connectivity index (χ0) is 14.8. The lowest BCUT2D eigenvalue weighted by Crippen LogP contribution is -2.17. The van der Waals surface area contributed by atoms with Gasteiger partial charge in [-0.1, -0.05) is 18.2 Å². The van der Waals surface area contributed by atoms with Crippen molar-refractivity contribution in [2.45, 2.75) is 10.9 Å². The van der Waals surface area contributed by atoms with Gasteiger partial charge in [0.05, 0.1) is 6.04 Å². The molecule has 2 nitrogen and oxygen atoms in total. The van der Waals surface area contributed by atoms with Crippen LogP contribution in [0.25, 0.3) is 11.0 Å². The Morgan fingerprint density at radius 1 is 1.14 bits per heavy atom. The summed E-state index contributed by atoms with van der Waals surface area (Å²) in [5.41, 5.74) is 1.86. The molecule has 0 amide bonds. The third-order valence-electron chi connectivity index (χ3n) is 3.52. The van der Waals surface area contributed by atoms with E-state index in [1.807, 2.05) is 25.2 Å². The summed E-state index contributed by atoms with van der Waals surface area (Å²) in [6.45, 7) is 0. The SMILES string of the molecule is CNC(c1cc2cc(F)ccc2o1)c1ccccc1SC. The van der Waals surface area contributed by atoms with E-state index < -0.39 is 0 Å². The van der Waals surface area contributed by atoms with Crippen molar-refractivity contribution in [1.29, 1.82) is 0 Å². The molecule has 108 valence electrons. The van der Waals surface area contributed by atoms with Gasteiger partial charge in [0.15, 0.2) is 0 Å². The molecular weight excluding hydrogens is 285 g/mol. The van der Waals surface area contributed by atoms with Crippen LogP contribution in [0.1, 0.15) is 17.4 Å². The van der Waals surface area contributed by atoms with Crippen molar-refractivity contribution in [3.8, 4) is 0 Å². The summed E-state index contributed by atoms with van der Waals surface area (Å²) in [7, 11) is 1.90. The highest BCUT2D eigenvalue weighted by Crippen LogP contribution is 2.33. The number of halogens is 1. The number of nitrogens with one attached hydrogen (secondary N) is 1. The van der Waals surface area contributed by atoms with E-state index in [0.717, 1.165) is 16.7 Å². The van der Waals surface area contributed by atoms with E-state index in [0.29, 0.717) is 5.58 Å². The average molecular weight is 301 g/mol. The predicted molar refractivity (Wildman–Crippen MR) is 85.3 cm³/mol. The Morgan fingerprint density at radius 2 is 1.95 bits per heavy atom. The van der Waals surface area contributed by atoms with Gasteiger partial charge in [-0.05, 0) is 49.2 Å². The number of rotatable bonds is 4. The van der Waals surface area contributed by atoms with Crippen LogP contribution >= 0.6 is 11.8 Å². The van der Waals surface area contributed by atoms with E-state index in [1.54, 1.807) is 17.8 Å². The van der Waals surface area contributed by atoms with Crippen molar-refractivity contribution in [2.24, 2.45) is 0 Å². The van der Waals surface area contributed by atoms with Gasteiger partial charge in [0.2, 0.25) is 0 Å². The summed E-state index contributed by atoms with van der Waals surface area (Å²) in [6.07, 6.45) is 2.06. The molecule has 0 radical (unpaired) electrons. The van der Waals surface area contributed by atoms with Gasteiger partial charge in [-0.25, -0.2) is 4.39 Å². The summed E-state index contributed by atoms with van der Waals surface area (Å²) in [4.78, 5) is 1.20. The van der Waals surface area contributed by atoms with E-state index >= 15 is 0 Å². The minimum atomic E-state index is -0.250. The van der Waals surface area contributed by atoms with Gasteiger partial charge in [0.25, 0.3) is 0 Å². The van der Waals surface area contributed by atoms with Crippen LogP contribution in [0.2, 0.25) is 0 Å². The van der Waals surface area contributed by atoms with Crippen LogP contribution in [0.15, 0.2) is 57.8 Å². The third-order valence-corrected chi connectivity index (χ3v) is 4.33. The molecule has 0 saturated heterocycles. The molecule has 1 atom stereocenters. The van der Waals surface area contributed by atoms with Gasteiger partial charge in [-0.3, -0.25) is 0 Å². The smallest absolute Gasteiger partial charge is 0.134 e. The third kappa shape index (κ3) is 2.69. The highest BCUT2D eigenvalue weighted by atomic mass is 32.2. The second-order valence-corrected chi connectivity index (χ2v) is 5.64. The molecule has 0 aliphatic carbocycles.